The maximum Gasteiger partial charge on any atom is 0.410 e. The fourth-order valence-corrected chi connectivity index (χ4v) is 3.76. The van der Waals surface area contributed by atoms with Crippen molar-refractivity contribution < 1.29 is 18.0 Å². The Kier molecular flexibility index (Phi) is 3.53. The second-order valence-electron chi connectivity index (χ2n) is 5.74. The van der Waals surface area contributed by atoms with Crippen LogP contribution in [-0.4, -0.2) is 38.4 Å². The van der Waals surface area contributed by atoms with E-state index in [-0.39, 0.29) is 23.8 Å². The van der Waals surface area contributed by atoms with Gasteiger partial charge in [-0.1, -0.05) is 11.3 Å². The molecule has 1 aliphatic heterocycles. The Morgan fingerprint density at radius 2 is 2.20 bits per heavy atom. The largest absolute Gasteiger partial charge is 0.410 e. The van der Waals surface area contributed by atoms with Gasteiger partial charge in [-0.15, -0.1) is 0 Å². The highest BCUT2D eigenvalue weighted by atomic mass is 32.1. The van der Waals surface area contributed by atoms with Gasteiger partial charge in [0.1, 0.15) is 16.2 Å². The van der Waals surface area contributed by atoms with Crippen LogP contribution in [0.4, 0.5) is 19.0 Å². The molecule has 3 aromatic rings. The normalized spacial score (nSPS) is 17.8. The summed E-state index contributed by atoms with van der Waals surface area (Å²) in [5.74, 6) is -0.298. The molecule has 10 heteroatoms. The monoisotopic (exact) mass is 367 g/mol. The van der Waals surface area contributed by atoms with E-state index < -0.39 is 18.1 Å². The molecule has 1 aliphatic rings. The van der Waals surface area contributed by atoms with E-state index in [1.54, 1.807) is 25.3 Å². The standard InChI is InChI=1S/C15H12F3N5OS/c1-8-7-11-22(6-4-10(15(16,17)18)23(11)21-8)14(24)13-20-9-3-2-5-19-12(9)25-13/h2-3,5,7,10H,4,6H2,1H3. The molecule has 4 heterocycles. The molecule has 130 valence electrons. The van der Waals surface area contributed by atoms with Gasteiger partial charge >= 0.3 is 6.18 Å². The van der Waals surface area contributed by atoms with Crippen molar-refractivity contribution in [2.45, 2.75) is 25.6 Å². The Bertz CT molecular complexity index is 931. The molecule has 0 aliphatic carbocycles. The first-order valence-corrected chi connectivity index (χ1v) is 8.32. The summed E-state index contributed by atoms with van der Waals surface area (Å²) in [6, 6.07) is 3.21. The summed E-state index contributed by atoms with van der Waals surface area (Å²) in [7, 11) is 0. The Morgan fingerprint density at radius 3 is 2.92 bits per heavy atom. The summed E-state index contributed by atoms with van der Waals surface area (Å²) >= 11 is 1.12. The van der Waals surface area contributed by atoms with Crippen LogP contribution < -0.4 is 4.90 Å². The lowest BCUT2D eigenvalue weighted by atomic mass is 10.1. The number of amides is 1. The van der Waals surface area contributed by atoms with E-state index in [4.69, 9.17) is 0 Å². The van der Waals surface area contributed by atoms with Gasteiger partial charge in [-0.2, -0.15) is 18.3 Å². The molecule has 0 N–H and O–H groups in total. The van der Waals surface area contributed by atoms with E-state index in [1.807, 2.05) is 0 Å². The van der Waals surface area contributed by atoms with E-state index >= 15 is 0 Å². The molecule has 1 atom stereocenters. The molecule has 0 saturated carbocycles. The summed E-state index contributed by atoms with van der Waals surface area (Å²) in [6.45, 7) is 1.56. The third kappa shape index (κ3) is 2.66. The molecule has 0 radical (unpaired) electrons. The number of alkyl halides is 3. The number of aryl methyl sites for hydroxylation is 1. The smallest absolute Gasteiger partial charge is 0.291 e. The second-order valence-corrected chi connectivity index (χ2v) is 6.72. The van der Waals surface area contributed by atoms with Gasteiger partial charge < -0.3 is 0 Å². The van der Waals surface area contributed by atoms with Gasteiger partial charge in [-0.3, -0.25) is 9.69 Å². The van der Waals surface area contributed by atoms with Crippen molar-refractivity contribution in [1.82, 2.24) is 19.7 Å². The Labute approximate surface area is 143 Å². The number of aromatic nitrogens is 4. The predicted molar refractivity (Wildman–Crippen MR) is 85.8 cm³/mol. The topological polar surface area (TPSA) is 63.9 Å². The first-order chi connectivity index (χ1) is 11.8. The van der Waals surface area contributed by atoms with E-state index in [1.165, 1.54) is 11.0 Å². The number of thiazole rings is 1. The highest BCUT2D eigenvalue weighted by molar-refractivity contribution is 7.20. The third-order valence-electron chi connectivity index (χ3n) is 4.01. The van der Waals surface area contributed by atoms with Gasteiger partial charge in [0.25, 0.3) is 5.91 Å². The minimum atomic E-state index is -4.41. The minimum absolute atomic E-state index is 0.0441. The van der Waals surface area contributed by atoms with Crippen molar-refractivity contribution >= 4 is 33.4 Å². The average Bonchev–Trinajstić information content (AvgIpc) is 3.14. The second kappa shape index (κ2) is 5.51. The van der Waals surface area contributed by atoms with Crippen molar-refractivity contribution in [2.75, 3.05) is 11.4 Å². The van der Waals surface area contributed by atoms with Crippen molar-refractivity contribution in [1.29, 1.82) is 0 Å². The van der Waals surface area contributed by atoms with Crippen LogP contribution in [0.15, 0.2) is 24.4 Å². The summed E-state index contributed by atoms with van der Waals surface area (Å²) < 4.78 is 40.6. The molecule has 0 saturated heterocycles. The summed E-state index contributed by atoms with van der Waals surface area (Å²) in [5.41, 5.74) is 1.01. The lowest BCUT2D eigenvalue weighted by molar-refractivity contribution is -0.172. The van der Waals surface area contributed by atoms with Gasteiger partial charge in [0, 0.05) is 18.8 Å². The highest BCUT2D eigenvalue weighted by Gasteiger charge is 2.46. The van der Waals surface area contributed by atoms with E-state index in [0.717, 1.165) is 16.0 Å². The van der Waals surface area contributed by atoms with Crippen LogP contribution >= 0.6 is 11.3 Å². The molecule has 4 rings (SSSR count). The fourth-order valence-electron chi connectivity index (χ4n) is 2.91. The molecule has 0 spiro atoms. The van der Waals surface area contributed by atoms with Crippen LogP contribution in [0.2, 0.25) is 0 Å². The van der Waals surface area contributed by atoms with Gasteiger partial charge in [-0.25, -0.2) is 14.6 Å². The quantitative estimate of drug-likeness (QED) is 0.662. The molecule has 6 nitrogen and oxygen atoms in total. The van der Waals surface area contributed by atoms with Gasteiger partial charge in [0.05, 0.1) is 5.69 Å². The molecular formula is C15H12F3N5OS. The van der Waals surface area contributed by atoms with E-state index in [9.17, 15) is 18.0 Å². The van der Waals surface area contributed by atoms with Crippen LogP contribution in [-0.2, 0) is 0 Å². The van der Waals surface area contributed by atoms with E-state index in [2.05, 4.69) is 15.1 Å². The van der Waals surface area contributed by atoms with Crippen molar-refractivity contribution in [2.24, 2.45) is 0 Å². The van der Waals surface area contributed by atoms with Gasteiger partial charge in [0.2, 0.25) is 0 Å². The zero-order chi connectivity index (χ0) is 17.8. The number of fused-ring (bicyclic) bond motifs is 2. The number of carbonyl (C=O) groups is 1. The fraction of sp³-hybridized carbons (Fsp3) is 0.333. The van der Waals surface area contributed by atoms with Gasteiger partial charge in [-0.05, 0) is 25.5 Å². The van der Waals surface area contributed by atoms with Crippen LogP contribution in [0.1, 0.15) is 28.0 Å². The summed E-state index contributed by atoms with van der Waals surface area (Å²) in [4.78, 5) is 23.1. The zero-order valence-corrected chi connectivity index (χ0v) is 13.8. The zero-order valence-electron chi connectivity index (χ0n) is 13.0. The van der Waals surface area contributed by atoms with Crippen LogP contribution in [0.5, 0.6) is 0 Å². The third-order valence-corrected chi connectivity index (χ3v) is 4.98. The number of pyridine rings is 1. The first-order valence-electron chi connectivity index (χ1n) is 7.51. The predicted octanol–water partition coefficient (Wildman–Crippen LogP) is 3.35. The van der Waals surface area contributed by atoms with Gasteiger partial charge in [0.15, 0.2) is 11.0 Å². The summed E-state index contributed by atoms with van der Waals surface area (Å²) in [6.07, 6.45) is -3.06. The lowest BCUT2D eigenvalue weighted by Gasteiger charge is -2.33. The average molecular weight is 367 g/mol. The maximum atomic E-state index is 13.2. The molecule has 25 heavy (non-hydrogen) atoms. The highest BCUT2D eigenvalue weighted by Crippen LogP contribution is 2.40. The SMILES string of the molecule is Cc1cc2n(n1)C(C(F)(F)F)CCN2C(=O)c1nc2cccnc2s1. The Hall–Kier alpha value is -2.49. The van der Waals surface area contributed by atoms with Crippen molar-refractivity contribution in [3.05, 3.63) is 35.1 Å². The number of rotatable bonds is 1. The Morgan fingerprint density at radius 1 is 1.40 bits per heavy atom. The molecule has 3 aromatic heterocycles. The first kappa shape index (κ1) is 16.0. The van der Waals surface area contributed by atoms with Crippen molar-refractivity contribution in [3.63, 3.8) is 0 Å². The molecule has 0 fully saturated rings. The molecule has 0 bridgehead atoms. The Balaban J connectivity index is 1.74. The maximum absolute atomic E-state index is 13.2. The molecule has 0 aromatic carbocycles. The summed E-state index contributed by atoms with van der Waals surface area (Å²) in [5, 5.41) is 4.14. The number of hydrogen-bond acceptors (Lipinski definition) is 5. The lowest BCUT2D eigenvalue weighted by Crippen LogP contribution is -2.43. The minimum Gasteiger partial charge on any atom is -0.291 e. The molecule has 1 amide bonds. The number of halogens is 3. The van der Waals surface area contributed by atoms with Crippen LogP contribution in [0, 0.1) is 6.92 Å². The molecular weight excluding hydrogens is 355 g/mol. The van der Waals surface area contributed by atoms with Crippen LogP contribution in [0.25, 0.3) is 10.3 Å². The number of hydrogen-bond donors (Lipinski definition) is 0. The number of carbonyl (C=O) groups excluding carboxylic acids is 1. The number of anilines is 1. The van der Waals surface area contributed by atoms with E-state index in [0.29, 0.717) is 16.0 Å². The van der Waals surface area contributed by atoms with Crippen molar-refractivity contribution in [3.8, 4) is 0 Å². The number of nitrogens with zero attached hydrogens (tertiary/aromatic N) is 5. The van der Waals surface area contributed by atoms with Crippen LogP contribution in [0.3, 0.4) is 0 Å². The molecule has 1 unspecified atom stereocenters.